The van der Waals surface area contributed by atoms with Crippen LogP contribution in [0.2, 0.25) is 0 Å². The van der Waals surface area contributed by atoms with Crippen molar-refractivity contribution < 1.29 is 4.79 Å². The molecule has 24 heavy (non-hydrogen) atoms. The number of carbonyl (C=O) groups is 1. The average Bonchev–Trinajstić information content (AvgIpc) is 3.09. The minimum atomic E-state index is -0.150. The number of amides is 1. The third-order valence-corrected chi connectivity index (χ3v) is 5.40. The van der Waals surface area contributed by atoms with Crippen LogP contribution in [0.25, 0.3) is 0 Å². The normalized spacial score (nSPS) is 22.1. The first-order chi connectivity index (χ1) is 10.8. The van der Waals surface area contributed by atoms with Gasteiger partial charge in [0.25, 0.3) is 0 Å². The van der Waals surface area contributed by atoms with Crippen LogP contribution in [0.15, 0.2) is 30.3 Å². The van der Waals surface area contributed by atoms with Crippen molar-refractivity contribution in [2.24, 2.45) is 0 Å². The maximum absolute atomic E-state index is 12.8. The largest absolute Gasteiger partial charge is 0.353 e. The molecule has 2 fully saturated rings. The second-order valence-corrected chi connectivity index (χ2v) is 7.22. The molecule has 0 saturated carbocycles. The van der Waals surface area contributed by atoms with Gasteiger partial charge in [0.05, 0.1) is 0 Å². The van der Waals surface area contributed by atoms with Gasteiger partial charge in [-0.2, -0.15) is 11.8 Å². The highest BCUT2D eigenvalue weighted by molar-refractivity contribution is 7.99. The number of rotatable bonds is 5. The Hall–Kier alpha value is -0.460. The summed E-state index contributed by atoms with van der Waals surface area (Å²) < 4.78 is 0. The van der Waals surface area contributed by atoms with Crippen LogP contribution in [-0.4, -0.2) is 54.5 Å². The summed E-state index contributed by atoms with van der Waals surface area (Å²) in [7, 11) is 0. The monoisotopic (exact) mass is 391 g/mol. The first-order valence-corrected chi connectivity index (χ1v) is 9.38. The van der Waals surface area contributed by atoms with Crippen molar-refractivity contribution in [3.63, 3.8) is 0 Å². The summed E-state index contributed by atoms with van der Waals surface area (Å²) in [6.45, 7) is 3.79. The fourth-order valence-electron chi connectivity index (χ4n) is 3.25. The smallest absolute Gasteiger partial charge is 0.242 e. The second-order valence-electron chi connectivity index (χ2n) is 6.00. The van der Waals surface area contributed by atoms with Crippen molar-refractivity contribution in [3.05, 3.63) is 35.9 Å². The molecule has 2 saturated heterocycles. The Morgan fingerprint density at radius 1 is 1.25 bits per heavy atom. The predicted molar refractivity (Wildman–Crippen MR) is 107 cm³/mol. The van der Waals surface area contributed by atoms with Gasteiger partial charge in [0, 0.05) is 37.2 Å². The molecule has 4 nitrogen and oxygen atoms in total. The van der Waals surface area contributed by atoms with Crippen molar-refractivity contribution in [3.8, 4) is 0 Å². The van der Waals surface area contributed by atoms with E-state index in [4.69, 9.17) is 0 Å². The van der Waals surface area contributed by atoms with Crippen LogP contribution < -0.4 is 10.6 Å². The lowest BCUT2D eigenvalue weighted by atomic mass is 10.0. The molecule has 2 N–H and O–H groups in total. The first-order valence-electron chi connectivity index (χ1n) is 8.22. The molecule has 0 radical (unpaired) electrons. The van der Waals surface area contributed by atoms with Crippen LogP contribution in [0.3, 0.4) is 0 Å². The fourth-order valence-corrected chi connectivity index (χ4v) is 4.18. The molecule has 1 amide bonds. The SMILES string of the molecule is Cl.Cl.O=C(NCC1CCCN1)C(c1ccccc1)N1CCSCC1. The zero-order chi connectivity index (χ0) is 15.2. The topological polar surface area (TPSA) is 44.4 Å². The molecule has 0 aromatic heterocycles. The summed E-state index contributed by atoms with van der Waals surface area (Å²) in [6.07, 6.45) is 2.38. The lowest BCUT2D eigenvalue weighted by Crippen LogP contribution is -2.46. The maximum Gasteiger partial charge on any atom is 0.242 e. The van der Waals surface area contributed by atoms with E-state index in [9.17, 15) is 4.79 Å². The Labute approximate surface area is 161 Å². The number of halogens is 2. The summed E-state index contributed by atoms with van der Waals surface area (Å²) in [5.41, 5.74) is 1.10. The Bertz CT molecular complexity index is 480. The van der Waals surface area contributed by atoms with Gasteiger partial charge in [0.2, 0.25) is 5.91 Å². The fraction of sp³-hybridized carbons (Fsp3) is 0.588. The van der Waals surface area contributed by atoms with E-state index in [0.717, 1.165) is 49.7 Å². The van der Waals surface area contributed by atoms with Gasteiger partial charge >= 0.3 is 0 Å². The molecule has 0 spiro atoms. The number of hydrogen-bond donors (Lipinski definition) is 2. The summed E-state index contributed by atoms with van der Waals surface area (Å²) in [4.78, 5) is 15.1. The van der Waals surface area contributed by atoms with E-state index in [1.807, 2.05) is 30.0 Å². The van der Waals surface area contributed by atoms with Crippen LogP contribution in [0.5, 0.6) is 0 Å². The highest BCUT2D eigenvalue weighted by Gasteiger charge is 2.29. The number of thioether (sulfide) groups is 1. The Morgan fingerprint density at radius 2 is 1.96 bits per heavy atom. The molecule has 1 aromatic rings. The summed E-state index contributed by atoms with van der Waals surface area (Å²) >= 11 is 1.97. The molecule has 2 heterocycles. The van der Waals surface area contributed by atoms with E-state index < -0.39 is 0 Å². The van der Waals surface area contributed by atoms with Gasteiger partial charge in [-0.25, -0.2) is 0 Å². The molecule has 0 bridgehead atoms. The van der Waals surface area contributed by atoms with Gasteiger partial charge < -0.3 is 10.6 Å². The number of carbonyl (C=O) groups excluding carboxylic acids is 1. The Balaban J connectivity index is 0.00000144. The third-order valence-electron chi connectivity index (χ3n) is 4.46. The van der Waals surface area contributed by atoms with E-state index in [1.54, 1.807) is 0 Å². The molecule has 3 rings (SSSR count). The third kappa shape index (κ3) is 5.81. The highest BCUT2D eigenvalue weighted by atomic mass is 35.5. The zero-order valence-corrected chi connectivity index (χ0v) is 16.2. The summed E-state index contributed by atoms with van der Waals surface area (Å²) in [6, 6.07) is 10.5. The molecule has 0 aliphatic carbocycles. The highest BCUT2D eigenvalue weighted by Crippen LogP contribution is 2.24. The van der Waals surface area contributed by atoms with E-state index >= 15 is 0 Å². The van der Waals surface area contributed by atoms with Gasteiger partial charge in [0.1, 0.15) is 6.04 Å². The summed E-state index contributed by atoms with van der Waals surface area (Å²) in [5.74, 6) is 2.37. The van der Waals surface area contributed by atoms with E-state index in [2.05, 4.69) is 27.7 Å². The molecule has 2 atom stereocenters. The van der Waals surface area contributed by atoms with Gasteiger partial charge in [-0.3, -0.25) is 9.69 Å². The predicted octanol–water partition coefficient (Wildman–Crippen LogP) is 2.49. The molecule has 2 aliphatic rings. The summed E-state index contributed by atoms with van der Waals surface area (Å²) in [5, 5.41) is 6.61. The van der Waals surface area contributed by atoms with Crippen molar-refractivity contribution in [1.82, 2.24) is 15.5 Å². The molecule has 7 heteroatoms. The second kappa shape index (κ2) is 11.2. The quantitative estimate of drug-likeness (QED) is 0.808. The van der Waals surface area contributed by atoms with Crippen LogP contribution in [0.4, 0.5) is 0 Å². The molecule has 2 aliphatic heterocycles. The molecular weight excluding hydrogens is 365 g/mol. The number of nitrogens with zero attached hydrogens (tertiary/aromatic N) is 1. The van der Waals surface area contributed by atoms with Crippen molar-refractivity contribution >= 4 is 42.5 Å². The lowest BCUT2D eigenvalue weighted by Gasteiger charge is -2.33. The minimum absolute atomic E-state index is 0. The van der Waals surface area contributed by atoms with Gasteiger partial charge in [-0.05, 0) is 24.9 Å². The Morgan fingerprint density at radius 3 is 2.58 bits per heavy atom. The zero-order valence-electron chi connectivity index (χ0n) is 13.8. The molecule has 1 aromatic carbocycles. The van der Waals surface area contributed by atoms with Crippen molar-refractivity contribution in [2.45, 2.75) is 24.9 Å². The molecule has 136 valence electrons. The standard InChI is InChI=1S/C17H25N3OS.2ClH/c21-17(19-13-15-7-4-8-18-15)16(14-5-2-1-3-6-14)20-9-11-22-12-10-20;;/h1-3,5-6,15-16,18H,4,7-13H2,(H,19,21);2*1H. The molecular formula is C17H27Cl2N3OS. The Kier molecular flexibility index (Phi) is 10.1. The lowest BCUT2D eigenvalue weighted by molar-refractivity contribution is -0.126. The van der Waals surface area contributed by atoms with Crippen LogP contribution in [0, 0.1) is 0 Å². The average molecular weight is 392 g/mol. The van der Waals surface area contributed by atoms with Crippen molar-refractivity contribution in [1.29, 1.82) is 0 Å². The van der Waals surface area contributed by atoms with E-state index in [0.29, 0.717) is 6.04 Å². The molecule has 2 unspecified atom stereocenters. The number of benzene rings is 1. The van der Waals surface area contributed by atoms with Gasteiger partial charge in [-0.1, -0.05) is 30.3 Å². The van der Waals surface area contributed by atoms with Gasteiger partial charge in [0.15, 0.2) is 0 Å². The van der Waals surface area contributed by atoms with E-state index in [1.165, 1.54) is 6.42 Å². The maximum atomic E-state index is 12.8. The number of nitrogens with one attached hydrogen (secondary N) is 2. The van der Waals surface area contributed by atoms with Gasteiger partial charge in [-0.15, -0.1) is 24.8 Å². The minimum Gasteiger partial charge on any atom is -0.353 e. The number of hydrogen-bond acceptors (Lipinski definition) is 4. The van der Waals surface area contributed by atoms with E-state index in [-0.39, 0.29) is 36.8 Å². The first kappa shape index (κ1) is 21.6. The van der Waals surface area contributed by atoms with Crippen molar-refractivity contribution in [2.75, 3.05) is 37.7 Å². The van der Waals surface area contributed by atoms with Crippen LogP contribution in [-0.2, 0) is 4.79 Å². The van der Waals surface area contributed by atoms with Crippen LogP contribution in [0.1, 0.15) is 24.4 Å². The van der Waals surface area contributed by atoms with Crippen LogP contribution >= 0.6 is 36.6 Å².